The normalized spacial score (nSPS) is 15.9. The van der Waals surface area contributed by atoms with Gasteiger partial charge < -0.3 is 28.9 Å². The van der Waals surface area contributed by atoms with E-state index in [4.69, 9.17) is 0 Å². The number of H-pyrrole nitrogens is 1. The summed E-state index contributed by atoms with van der Waals surface area (Å²) in [6.07, 6.45) is 1.72. The van der Waals surface area contributed by atoms with E-state index in [0.717, 1.165) is 65.4 Å². The van der Waals surface area contributed by atoms with Gasteiger partial charge in [-0.3, -0.25) is 14.7 Å². The molecule has 16 nitrogen and oxygen atoms in total. The Morgan fingerprint density at radius 1 is 0.854 bits per heavy atom. The van der Waals surface area contributed by atoms with Crippen LogP contribution in [0.3, 0.4) is 0 Å². The number of carbonyl (C=O) groups is 3. The van der Waals surface area contributed by atoms with E-state index >= 15 is 0 Å². The minimum absolute atomic E-state index is 0.0340. The molecule has 0 saturated heterocycles. The number of hydrogen-bond donors (Lipinski definition) is 1. The molecule has 1 amide bonds. The molecule has 3 aromatic rings. The minimum Gasteiger partial charge on any atom is -0.744 e. The van der Waals surface area contributed by atoms with E-state index in [-0.39, 0.29) is 11.4 Å². The molecule has 0 saturated carbocycles. The first-order valence-corrected chi connectivity index (χ1v) is 13.9. The van der Waals surface area contributed by atoms with Crippen LogP contribution in [0.1, 0.15) is 22.5 Å². The predicted octanol–water partition coefficient (Wildman–Crippen LogP) is -2.49. The molecule has 0 aliphatic carbocycles. The molecule has 1 aliphatic heterocycles. The van der Waals surface area contributed by atoms with Crippen LogP contribution in [0.2, 0.25) is 0 Å². The highest BCUT2D eigenvalue weighted by Gasteiger charge is 2.36. The zero-order valence-electron chi connectivity index (χ0n) is 20.1. The maximum Gasteiger partial charge on any atom is 0.279 e. The largest absolute Gasteiger partial charge is 0.744 e. The molecular formula is C23H14N4O12S2-4. The Bertz CT molecular complexity index is 1900. The van der Waals surface area contributed by atoms with Gasteiger partial charge in [-0.05, 0) is 55.0 Å². The van der Waals surface area contributed by atoms with Gasteiger partial charge in [-0.2, -0.15) is 10.1 Å². The molecule has 18 heteroatoms. The van der Waals surface area contributed by atoms with Crippen molar-refractivity contribution in [1.29, 1.82) is 0 Å². The average Bonchev–Trinajstić information content (AvgIpc) is 3.40. The fourth-order valence-corrected chi connectivity index (χ4v) is 4.79. The first kappa shape index (κ1) is 29.1. The van der Waals surface area contributed by atoms with Crippen LogP contribution < -0.4 is 20.8 Å². The molecule has 1 atom stereocenters. The molecule has 214 valence electrons. The van der Waals surface area contributed by atoms with Crippen LogP contribution in [0.15, 0.2) is 74.3 Å². The monoisotopic (exact) mass is 602 g/mol. The number of carboxylic acids is 2. The molecule has 2 aromatic carbocycles. The smallest absolute Gasteiger partial charge is 0.279 e. The zero-order valence-corrected chi connectivity index (χ0v) is 21.7. The summed E-state index contributed by atoms with van der Waals surface area (Å²) in [5, 5.41) is 29.9. The Balaban J connectivity index is 1.62. The summed E-state index contributed by atoms with van der Waals surface area (Å²) >= 11 is 0. The van der Waals surface area contributed by atoms with Gasteiger partial charge in [0.05, 0.1) is 56.0 Å². The molecular weight excluding hydrogens is 588 g/mol. The quantitative estimate of drug-likeness (QED) is 0.249. The third-order valence-electron chi connectivity index (χ3n) is 5.79. The lowest BCUT2D eigenvalue weighted by Gasteiger charge is -2.15. The first-order chi connectivity index (χ1) is 19.1. The highest BCUT2D eigenvalue weighted by molar-refractivity contribution is 7.86. The molecule has 1 N–H and O–H groups in total. The number of rotatable bonds is 9. The van der Waals surface area contributed by atoms with Crippen LogP contribution in [0.4, 0.5) is 5.69 Å². The molecule has 0 fully saturated rings. The zero-order chi connectivity index (χ0) is 30.3. The Kier molecular flexibility index (Phi) is 7.50. The van der Waals surface area contributed by atoms with Crippen molar-refractivity contribution in [3.63, 3.8) is 0 Å². The Morgan fingerprint density at radius 2 is 1.37 bits per heavy atom. The van der Waals surface area contributed by atoms with E-state index in [1.165, 1.54) is 0 Å². The number of carboxylic acid groups (broad SMARTS) is 2. The second-order valence-corrected chi connectivity index (χ2v) is 11.1. The van der Waals surface area contributed by atoms with Crippen molar-refractivity contribution >= 4 is 55.6 Å². The van der Waals surface area contributed by atoms with Crippen molar-refractivity contribution in [2.24, 2.45) is 11.0 Å². The lowest BCUT2D eigenvalue weighted by molar-refractivity contribution is -0.294. The maximum absolute atomic E-state index is 12.9. The van der Waals surface area contributed by atoms with E-state index < -0.39 is 82.7 Å². The lowest BCUT2D eigenvalue weighted by atomic mass is 9.98. The number of hydrazone groups is 1. The van der Waals surface area contributed by atoms with Crippen molar-refractivity contribution in [2.45, 2.75) is 16.2 Å². The highest BCUT2D eigenvalue weighted by Crippen LogP contribution is 2.27. The Labute approximate surface area is 229 Å². The summed E-state index contributed by atoms with van der Waals surface area (Å²) in [5.41, 5.74) is -2.91. The SMILES string of the molecule is O=C([O-])C1=NN(c2ccc(S(=O)(=O)[O-])cc2)C(=O)C1C/C=C/c1c(C(=O)[O-])[nH]n(-c2ccc(S(=O)(=O)[O-])cc2)c1=O. The van der Waals surface area contributed by atoms with Crippen LogP contribution in [-0.2, 0) is 29.8 Å². The van der Waals surface area contributed by atoms with Gasteiger partial charge in [-0.15, -0.1) is 0 Å². The number of aromatic nitrogens is 2. The molecule has 2 heterocycles. The standard InChI is InChI=1S/C23H18N4O12S2/c28-20-16(18(22(30)31)24-26(20)12-4-8-14(9-5-12)40(34,35)36)2-1-3-17-19(23(32)33)25-27(21(17)29)13-6-10-15(11-7-13)41(37,38)39/h1-2,4-11,17,24H,3H2,(H,30,31)(H,32,33)(H,34,35,36)(H,37,38,39)/p-4/b2-1+. The lowest BCUT2D eigenvalue weighted by Crippen LogP contribution is -2.37. The molecule has 4 rings (SSSR count). The first-order valence-electron chi connectivity index (χ1n) is 11.1. The van der Waals surface area contributed by atoms with Gasteiger partial charge >= 0.3 is 0 Å². The van der Waals surface area contributed by atoms with E-state index in [1.54, 1.807) is 0 Å². The number of carbonyl (C=O) groups excluding carboxylic acids is 3. The van der Waals surface area contributed by atoms with E-state index in [9.17, 15) is 55.3 Å². The summed E-state index contributed by atoms with van der Waals surface area (Å²) in [4.78, 5) is 47.9. The number of allylic oxidation sites excluding steroid dienone is 1. The van der Waals surface area contributed by atoms with Gasteiger partial charge in [0.2, 0.25) is 0 Å². The molecule has 1 aromatic heterocycles. The summed E-state index contributed by atoms with van der Waals surface area (Å²) in [5.74, 6) is -5.94. The molecule has 0 bridgehead atoms. The van der Waals surface area contributed by atoms with Crippen molar-refractivity contribution in [3.05, 3.63) is 76.2 Å². The molecule has 0 radical (unpaired) electrons. The summed E-state index contributed by atoms with van der Waals surface area (Å²) in [6.45, 7) is 0. The van der Waals surface area contributed by atoms with Crippen LogP contribution in [0.5, 0.6) is 0 Å². The third kappa shape index (κ3) is 5.84. The van der Waals surface area contributed by atoms with Crippen LogP contribution in [-0.4, -0.2) is 59.3 Å². The van der Waals surface area contributed by atoms with Crippen LogP contribution in [0, 0.1) is 5.92 Å². The van der Waals surface area contributed by atoms with Gasteiger partial charge in [0.1, 0.15) is 20.2 Å². The average molecular weight is 603 g/mol. The Hall–Kier alpha value is -4.91. The second-order valence-electron chi connectivity index (χ2n) is 8.34. The van der Waals surface area contributed by atoms with E-state index in [0.29, 0.717) is 5.01 Å². The molecule has 41 heavy (non-hydrogen) atoms. The predicted molar refractivity (Wildman–Crippen MR) is 130 cm³/mol. The van der Waals surface area contributed by atoms with Gasteiger partial charge in [0.15, 0.2) is 0 Å². The van der Waals surface area contributed by atoms with Crippen molar-refractivity contribution in [2.75, 3.05) is 5.01 Å². The maximum atomic E-state index is 12.9. The van der Waals surface area contributed by atoms with Gasteiger partial charge in [0.25, 0.3) is 11.5 Å². The number of aromatic amines is 1. The number of amides is 1. The number of benzene rings is 2. The fraction of sp³-hybridized carbons (Fsp3) is 0.0870. The van der Waals surface area contributed by atoms with E-state index in [2.05, 4.69) is 10.2 Å². The number of nitrogens with one attached hydrogen (secondary N) is 1. The van der Waals surface area contributed by atoms with Crippen LogP contribution >= 0.6 is 0 Å². The van der Waals surface area contributed by atoms with Crippen molar-refractivity contribution in [3.8, 4) is 5.69 Å². The number of nitrogens with zero attached hydrogens (tertiary/aromatic N) is 3. The molecule has 1 unspecified atom stereocenters. The molecule has 1 aliphatic rings. The second kappa shape index (κ2) is 10.6. The van der Waals surface area contributed by atoms with E-state index in [1.807, 2.05) is 0 Å². The minimum atomic E-state index is -4.78. The van der Waals surface area contributed by atoms with Crippen LogP contribution in [0.25, 0.3) is 11.8 Å². The highest BCUT2D eigenvalue weighted by atomic mass is 32.2. The van der Waals surface area contributed by atoms with Gasteiger partial charge in [0, 0.05) is 0 Å². The van der Waals surface area contributed by atoms with Crippen molar-refractivity contribution < 1.29 is 50.5 Å². The van der Waals surface area contributed by atoms with Gasteiger partial charge in [-0.1, -0.05) is 12.2 Å². The summed E-state index contributed by atoms with van der Waals surface area (Å²) in [7, 11) is -9.56. The number of hydrogen-bond acceptors (Lipinski definition) is 13. The summed E-state index contributed by atoms with van der Waals surface area (Å²) < 4.78 is 67.5. The van der Waals surface area contributed by atoms with Gasteiger partial charge in [-0.25, -0.2) is 21.5 Å². The third-order valence-corrected chi connectivity index (χ3v) is 7.49. The number of aromatic carboxylic acids is 1. The Morgan fingerprint density at radius 3 is 1.83 bits per heavy atom. The topological polar surface area (TPSA) is 265 Å². The number of anilines is 1. The molecule has 0 spiro atoms. The summed E-state index contributed by atoms with van der Waals surface area (Å²) in [6, 6.07) is 7.88. The van der Waals surface area contributed by atoms with Crippen molar-refractivity contribution in [1.82, 2.24) is 9.78 Å². The number of aliphatic carboxylic acids is 1. The fourth-order valence-electron chi connectivity index (χ4n) is 3.85.